The third-order valence-electron chi connectivity index (χ3n) is 8.55. The number of nitrogens with zero attached hydrogens (tertiary/aromatic N) is 6. The molecule has 7 rings (SSSR count). The molecule has 210 valence electrons. The lowest BCUT2D eigenvalue weighted by Crippen LogP contribution is -2.36. The lowest BCUT2D eigenvalue weighted by atomic mass is 9.90. The van der Waals surface area contributed by atoms with E-state index in [1.165, 1.54) is 6.07 Å². The van der Waals surface area contributed by atoms with Gasteiger partial charge in [-0.3, -0.25) is 4.57 Å². The second kappa shape index (κ2) is 9.85. The van der Waals surface area contributed by atoms with E-state index in [1.807, 2.05) is 22.8 Å². The maximum atomic E-state index is 14.2. The van der Waals surface area contributed by atoms with E-state index in [2.05, 4.69) is 14.9 Å². The summed E-state index contributed by atoms with van der Waals surface area (Å²) in [6, 6.07) is 11.8. The number of fused-ring (bicyclic) bond motifs is 1. The summed E-state index contributed by atoms with van der Waals surface area (Å²) in [6.45, 7) is 2.96. The number of rotatable bonds is 8. The van der Waals surface area contributed by atoms with Crippen LogP contribution in [0.1, 0.15) is 59.2 Å². The van der Waals surface area contributed by atoms with Gasteiger partial charge in [0.2, 0.25) is 17.2 Å². The molecule has 0 amide bonds. The highest BCUT2D eigenvalue weighted by Gasteiger charge is 2.58. The molecule has 2 atom stereocenters. The molecule has 2 aliphatic heterocycles. The Bertz CT molecular complexity index is 1680. The van der Waals surface area contributed by atoms with Crippen LogP contribution in [0.5, 0.6) is 5.88 Å². The molecule has 1 aromatic carbocycles. The van der Waals surface area contributed by atoms with Gasteiger partial charge in [0, 0.05) is 37.2 Å². The van der Waals surface area contributed by atoms with Crippen molar-refractivity contribution in [3.63, 3.8) is 0 Å². The van der Waals surface area contributed by atoms with Crippen molar-refractivity contribution >= 4 is 23.1 Å². The Morgan fingerprint density at radius 2 is 2.05 bits per heavy atom. The number of carboxylic acids is 1. The second-order valence-electron chi connectivity index (χ2n) is 11.0. The molecule has 5 heterocycles. The fourth-order valence-electron chi connectivity index (χ4n) is 5.98. The fraction of sp³-hybridized carbons (Fsp3) is 0.414. The van der Waals surface area contributed by atoms with E-state index in [0.29, 0.717) is 29.3 Å². The first-order valence-electron chi connectivity index (χ1n) is 13.7. The number of oxazole rings is 1. The van der Waals surface area contributed by atoms with Gasteiger partial charge in [-0.15, -0.1) is 0 Å². The van der Waals surface area contributed by atoms with E-state index in [1.54, 1.807) is 18.2 Å². The Morgan fingerprint density at radius 3 is 2.76 bits per heavy atom. The summed E-state index contributed by atoms with van der Waals surface area (Å²) in [4.78, 5) is 27.1. The van der Waals surface area contributed by atoms with Gasteiger partial charge in [-0.25, -0.2) is 14.2 Å². The molecule has 0 bridgehead atoms. The number of carbonyl (C=O) groups is 1. The van der Waals surface area contributed by atoms with Crippen LogP contribution in [0.3, 0.4) is 0 Å². The number of aromatic carboxylic acids is 1. The van der Waals surface area contributed by atoms with Crippen LogP contribution in [0.4, 0.5) is 10.2 Å². The van der Waals surface area contributed by atoms with E-state index in [9.17, 15) is 14.3 Å². The zero-order valence-electron chi connectivity index (χ0n) is 22.1. The summed E-state index contributed by atoms with van der Waals surface area (Å²) in [7, 11) is 0. The van der Waals surface area contributed by atoms with Gasteiger partial charge in [-0.2, -0.15) is 15.2 Å². The van der Waals surface area contributed by atoms with Gasteiger partial charge in [0.25, 0.3) is 0 Å². The van der Waals surface area contributed by atoms with Crippen molar-refractivity contribution in [1.82, 2.24) is 19.5 Å². The van der Waals surface area contributed by atoms with Gasteiger partial charge < -0.3 is 23.9 Å². The standard InChI is InChI=1S/C29H27FN6O5/c30-21-12-17(14-31)4-5-18(21)16-40-23-3-1-2-22(32-23)35-9-7-29(8-10-35)13-20(29)25-33-24-27(41-26(34-24)28(37)38)36(25)15-19-6-11-39-19/h1-5,12,19-20H,6-11,13,15-16H2,(H,37,38)/t19-,20?/m0/s1. The zero-order chi connectivity index (χ0) is 28.1. The molecule has 3 aliphatic rings. The van der Waals surface area contributed by atoms with Crippen LogP contribution in [0, 0.1) is 22.6 Å². The van der Waals surface area contributed by atoms with Crippen LogP contribution in [0.25, 0.3) is 11.4 Å². The number of pyridine rings is 1. The van der Waals surface area contributed by atoms with Crippen LogP contribution >= 0.6 is 0 Å². The number of halogens is 1. The normalized spacial score (nSPS) is 21.0. The predicted molar refractivity (Wildman–Crippen MR) is 142 cm³/mol. The maximum absolute atomic E-state index is 14.2. The van der Waals surface area contributed by atoms with Crippen LogP contribution in [0.2, 0.25) is 0 Å². The topological polar surface area (TPSA) is 140 Å². The first-order chi connectivity index (χ1) is 19.9. The lowest BCUT2D eigenvalue weighted by Gasteiger charge is -2.34. The number of carboxylic acid groups (broad SMARTS) is 1. The van der Waals surface area contributed by atoms with Gasteiger partial charge >= 0.3 is 11.9 Å². The van der Waals surface area contributed by atoms with Crippen molar-refractivity contribution in [2.75, 3.05) is 24.6 Å². The lowest BCUT2D eigenvalue weighted by molar-refractivity contribution is -0.0594. The number of hydrogen-bond acceptors (Lipinski definition) is 9. The summed E-state index contributed by atoms with van der Waals surface area (Å²) < 4.78 is 33.2. The summed E-state index contributed by atoms with van der Waals surface area (Å²) in [5.41, 5.74) is 1.47. The summed E-state index contributed by atoms with van der Waals surface area (Å²) >= 11 is 0. The molecule has 1 saturated carbocycles. The first kappa shape index (κ1) is 25.5. The van der Waals surface area contributed by atoms with Crippen molar-refractivity contribution in [3.8, 4) is 11.9 Å². The number of anilines is 1. The van der Waals surface area contributed by atoms with Gasteiger partial charge in [-0.05, 0) is 49.3 Å². The minimum atomic E-state index is -1.21. The molecular formula is C29H27FN6O5. The summed E-state index contributed by atoms with van der Waals surface area (Å²) in [5, 5.41) is 18.2. The average Bonchev–Trinajstić information content (AvgIpc) is 3.30. The number of aromatic nitrogens is 4. The molecule has 11 nitrogen and oxygen atoms in total. The molecule has 12 heteroatoms. The quantitative estimate of drug-likeness (QED) is 0.333. The number of nitriles is 1. The summed E-state index contributed by atoms with van der Waals surface area (Å²) in [5.74, 6) is 0.316. The third-order valence-corrected chi connectivity index (χ3v) is 8.55. The van der Waals surface area contributed by atoms with Crippen LogP contribution in [0.15, 0.2) is 40.8 Å². The molecule has 1 spiro atoms. The van der Waals surface area contributed by atoms with Crippen molar-refractivity contribution in [1.29, 1.82) is 5.26 Å². The SMILES string of the molecule is N#Cc1ccc(COc2cccc(N3CCC4(CC3)CC4c3nc4nc(C(=O)O)oc4n3C[C@@H]3CCO3)n2)c(F)c1. The number of ether oxygens (including phenoxy) is 2. The number of hydrogen-bond donors (Lipinski definition) is 1. The molecule has 1 aliphatic carbocycles. The maximum Gasteiger partial charge on any atom is 0.392 e. The van der Waals surface area contributed by atoms with E-state index in [4.69, 9.17) is 24.1 Å². The van der Waals surface area contributed by atoms with Crippen molar-refractivity contribution in [2.45, 2.75) is 50.9 Å². The Hall–Kier alpha value is -4.50. The fourth-order valence-corrected chi connectivity index (χ4v) is 5.98. The molecule has 3 fully saturated rings. The Balaban J connectivity index is 1.02. The van der Waals surface area contributed by atoms with Gasteiger partial charge in [0.1, 0.15) is 24.1 Å². The highest BCUT2D eigenvalue weighted by atomic mass is 19.1. The first-order valence-corrected chi connectivity index (χ1v) is 13.7. The van der Waals surface area contributed by atoms with Crippen molar-refractivity contribution < 1.29 is 28.2 Å². The second-order valence-corrected chi connectivity index (χ2v) is 11.0. The third kappa shape index (κ3) is 4.66. The molecule has 4 aromatic rings. The number of imidazole rings is 1. The highest BCUT2D eigenvalue weighted by Crippen LogP contribution is 2.65. The number of benzene rings is 1. The van der Waals surface area contributed by atoms with E-state index in [-0.39, 0.29) is 35.5 Å². The monoisotopic (exact) mass is 558 g/mol. The van der Waals surface area contributed by atoms with Crippen LogP contribution in [-0.4, -0.2) is 56.4 Å². The van der Waals surface area contributed by atoms with Crippen molar-refractivity contribution in [2.24, 2.45) is 5.41 Å². The average molecular weight is 559 g/mol. The van der Waals surface area contributed by atoms with Gasteiger partial charge in [0.15, 0.2) is 0 Å². The van der Waals surface area contributed by atoms with E-state index in [0.717, 1.165) is 57.0 Å². The molecular weight excluding hydrogens is 531 g/mol. The Kier molecular flexibility index (Phi) is 6.12. The Labute approximate surface area is 234 Å². The molecule has 1 unspecified atom stereocenters. The number of piperidine rings is 1. The minimum absolute atomic E-state index is 0.0169. The van der Waals surface area contributed by atoms with Crippen LogP contribution < -0.4 is 9.64 Å². The summed E-state index contributed by atoms with van der Waals surface area (Å²) in [6.07, 6.45) is 3.94. The molecule has 0 radical (unpaired) electrons. The van der Waals surface area contributed by atoms with E-state index < -0.39 is 11.8 Å². The van der Waals surface area contributed by atoms with Crippen molar-refractivity contribution in [3.05, 3.63) is 65.1 Å². The largest absolute Gasteiger partial charge is 0.474 e. The molecule has 2 saturated heterocycles. The smallest absolute Gasteiger partial charge is 0.392 e. The van der Waals surface area contributed by atoms with Gasteiger partial charge in [-0.1, -0.05) is 12.1 Å². The van der Waals surface area contributed by atoms with Crippen LogP contribution in [-0.2, 0) is 17.9 Å². The molecule has 3 aromatic heterocycles. The highest BCUT2D eigenvalue weighted by molar-refractivity contribution is 5.85. The molecule has 41 heavy (non-hydrogen) atoms. The zero-order valence-corrected chi connectivity index (χ0v) is 22.1. The van der Waals surface area contributed by atoms with E-state index >= 15 is 0 Å². The predicted octanol–water partition coefficient (Wildman–Crippen LogP) is 4.27. The minimum Gasteiger partial charge on any atom is -0.474 e. The van der Waals surface area contributed by atoms with Gasteiger partial charge in [0.05, 0.1) is 24.3 Å². The Morgan fingerprint density at radius 1 is 1.22 bits per heavy atom. The molecule has 1 N–H and O–H groups in total.